The first-order valence-corrected chi connectivity index (χ1v) is 5.70. The van der Waals surface area contributed by atoms with Crippen LogP contribution in [-0.2, 0) is 4.74 Å². The molecule has 2 atom stereocenters. The van der Waals surface area contributed by atoms with Gasteiger partial charge in [-0.25, -0.2) is 4.98 Å². The molecule has 1 saturated heterocycles. The number of hydrogen-bond donors (Lipinski definition) is 1. The molecule has 0 aliphatic carbocycles. The summed E-state index contributed by atoms with van der Waals surface area (Å²) in [4.78, 5) is 6.72. The van der Waals surface area contributed by atoms with Gasteiger partial charge in [0.15, 0.2) is 5.82 Å². The van der Waals surface area contributed by atoms with Crippen LogP contribution in [-0.4, -0.2) is 30.3 Å². The highest BCUT2D eigenvalue weighted by Gasteiger charge is 2.24. The van der Waals surface area contributed by atoms with E-state index in [0.29, 0.717) is 0 Å². The first-order valence-electron chi connectivity index (χ1n) is 5.70. The van der Waals surface area contributed by atoms with Crippen molar-refractivity contribution in [1.82, 2.24) is 4.98 Å². The highest BCUT2D eigenvalue weighted by atomic mass is 16.5. The topological polar surface area (TPSA) is 51.4 Å². The zero-order valence-corrected chi connectivity index (χ0v) is 10.1. The highest BCUT2D eigenvalue weighted by Crippen LogP contribution is 2.24. The summed E-state index contributed by atoms with van der Waals surface area (Å²) < 4.78 is 5.70. The average molecular weight is 221 g/mol. The first-order chi connectivity index (χ1) is 7.56. The molecule has 16 heavy (non-hydrogen) atoms. The summed E-state index contributed by atoms with van der Waals surface area (Å²) in [6.45, 7) is 7.84. The number of hydrogen-bond acceptors (Lipinski definition) is 4. The minimum atomic E-state index is 0.227. The predicted molar refractivity (Wildman–Crippen MR) is 65.6 cm³/mol. The summed E-state index contributed by atoms with van der Waals surface area (Å²) in [5.74, 6) is 0.891. The minimum absolute atomic E-state index is 0.227. The van der Waals surface area contributed by atoms with Gasteiger partial charge in [0.2, 0.25) is 0 Å². The zero-order valence-electron chi connectivity index (χ0n) is 10.1. The Morgan fingerprint density at radius 2 is 1.94 bits per heavy atom. The second-order valence-corrected chi connectivity index (χ2v) is 4.53. The first kappa shape index (κ1) is 11.2. The van der Waals surface area contributed by atoms with Gasteiger partial charge in [-0.1, -0.05) is 0 Å². The molecular weight excluding hydrogens is 202 g/mol. The molecule has 2 heterocycles. The lowest BCUT2D eigenvalue weighted by Gasteiger charge is -2.36. The van der Waals surface area contributed by atoms with E-state index >= 15 is 0 Å². The lowest BCUT2D eigenvalue weighted by atomic mass is 10.2. The summed E-state index contributed by atoms with van der Waals surface area (Å²) >= 11 is 0. The van der Waals surface area contributed by atoms with E-state index in [1.807, 2.05) is 19.1 Å². The maximum atomic E-state index is 5.97. The molecule has 0 aromatic carbocycles. The molecule has 4 nitrogen and oxygen atoms in total. The maximum absolute atomic E-state index is 5.97. The van der Waals surface area contributed by atoms with Crippen LogP contribution in [0.4, 0.5) is 11.5 Å². The molecule has 2 N–H and O–H groups in total. The Bertz CT molecular complexity index is 371. The van der Waals surface area contributed by atoms with Crippen molar-refractivity contribution < 1.29 is 4.74 Å². The van der Waals surface area contributed by atoms with Gasteiger partial charge < -0.3 is 15.4 Å². The van der Waals surface area contributed by atoms with Gasteiger partial charge in [0, 0.05) is 18.8 Å². The van der Waals surface area contributed by atoms with Crippen molar-refractivity contribution in [2.75, 3.05) is 23.7 Å². The molecule has 0 spiro atoms. The minimum Gasteiger partial charge on any atom is -0.396 e. The molecule has 88 valence electrons. The second-order valence-electron chi connectivity index (χ2n) is 4.53. The number of aryl methyl sites for hydroxylation is 1. The molecule has 2 rings (SSSR count). The zero-order chi connectivity index (χ0) is 11.7. The van der Waals surface area contributed by atoms with Crippen LogP contribution in [0.2, 0.25) is 0 Å². The summed E-state index contributed by atoms with van der Waals surface area (Å²) in [7, 11) is 0. The third-order valence-electron chi connectivity index (χ3n) is 2.76. The molecular formula is C12H19N3O. The van der Waals surface area contributed by atoms with E-state index in [2.05, 4.69) is 23.7 Å². The van der Waals surface area contributed by atoms with Crippen LogP contribution < -0.4 is 10.6 Å². The average Bonchev–Trinajstić information content (AvgIpc) is 2.20. The molecule has 1 aliphatic heterocycles. The van der Waals surface area contributed by atoms with Crippen molar-refractivity contribution in [3.8, 4) is 0 Å². The number of ether oxygens (including phenoxy) is 1. The van der Waals surface area contributed by atoms with Gasteiger partial charge in [0.1, 0.15) is 0 Å². The molecule has 1 fully saturated rings. The third kappa shape index (κ3) is 2.27. The van der Waals surface area contributed by atoms with Crippen molar-refractivity contribution in [3.05, 3.63) is 17.8 Å². The van der Waals surface area contributed by atoms with Crippen molar-refractivity contribution in [2.45, 2.75) is 33.0 Å². The van der Waals surface area contributed by atoms with Crippen molar-refractivity contribution in [1.29, 1.82) is 0 Å². The molecule has 1 aromatic heterocycles. The predicted octanol–water partition coefficient (Wildman–Crippen LogP) is 1.59. The Morgan fingerprint density at radius 3 is 2.56 bits per heavy atom. The standard InChI is InChI=1S/C12H19N3O/c1-8-4-5-11(13)12(14-8)15-6-9(2)16-10(3)7-15/h4-5,9-10H,6-7,13H2,1-3H3/t9-,10+. The van der Waals surface area contributed by atoms with Crippen molar-refractivity contribution >= 4 is 11.5 Å². The maximum Gasteiger partial charge on any atom is 0.152 e. The molecule has 0 saturated carbocycles. The van der Waals surface area contributed by atoms with E-state index < -0.39 is 0 Å². The van der Waals surface area contributed by atoms with Crippen LogP contribution in [0.1, 0.15) is 19.5 Å². The lowest BCUT2D eigenvalue weighted by Crippen LogP contribution is -2.46. The second kappa shape index (κ2) is 4.29. The summed E-state index contributed by atoms with van der Waals surface area (Å²) in [5.41, 5.74) is 7.70. The quantitative estimate of drug-likeness (QED) is 0.782. The summed E-state index contributed by atoms with van der Waals surface area (Å²) in [6, 6.07) is 3.86. The normalized spacial score (nSPS) is 25.8. The summed E-state index contributed by atoms with van der Waals surface area (Å²) in [5, 5.41) is 0. The number of morpholine rings is 1. The van der Waals surface area contributed by atoms with Gasteiger partial charge in [-0.3, -0.25) is 0 Å². The van der Waals surface area contributed by atoms with E-state index in [4.69, 9.17) is 10.5 Å². The summed E-state index contributed by atoms with van der Waals surface area (Å²) in [6.07, 6.45) is 0.455. The smallest absolute Gasteiger partial charge is 0.152 e. The molecule has 4 heteroatoms. The fraction of sp³-hybridized carbons (Fsp3) is 0.583. The van der Waals surface area contributed by atoms with Gasteiger partial charge in [-0.2, -0.15) is 0 Å². The van der Waals surface area contributed by atoms with Gasteiger partial charge in [0.25, 0.3) is 0 Å². The Hall–Kier alpha value is -1.29. The number of pyridine rings is 1. The number of nitrogen functional groups attached to an aromatic ring is 1. The van der Waals surface area contributed by atoms with E-state index in [0.717, 1.165) is 30.3 Å². The van der Waals surface area contributed by atoms with Gasteiger partial charge >= 0.3 is 0 Å². The Balaban J connectivity index is 2.25. The Labute approximate surface area is 96.4 Å². The van der Waals surface area contributed by atoms with E-state index in [1.165, 1.54) is 0 Å². The molecule has 1 aromatic rings. The number of aromatic nitrogens is 1. The number of nitrogens with zero attached hydrogens (tertiary/aromatic N) is 2. The van der Waals surface area contributed by atoms with Crippen LogP contribution in [0.3, 0.4) is 0 Å². The molecule has 0 bridgehead atoms. The Kier molecular flexibility index (Phi) is 3.01. The largest absolute Gasteiger partial charge is 0.396 e. The van der Waals surface area contributed by atoms with Crippen molar-refractivity contribution in [3.63, 3.8) is 0 Å². The monoisotopic (exact) mass is 221 g/mol. The molecule has 0 radical (unpaired) electrons. The number of rotatable bonds is 1. The van der Waals surface area contributed by atoms with Crippen LogP contribution in [0.5, 0.6) is 0 Å². The molecule has 0 amide bonds. The molecule has 1 aliphatic rings. The van der Waals surface area contributed by atoms with Crippen LogP contribution >= 0.6 is 0 Å². The van der Waals surface area contributed by atoms with Crippen LogP contribution in [0, 0.1) is 6.92 Å². The van der Waals surface area contributed by atoms with Gasteiger partial charge in [0.05, 0.1) is 17.9 Å². The van der Waals surface area contributed by atoms with E-state index in [9.17, 15) is 0 Å². The van der Waals surface area contributed by atoms with Gasteiger partial charge in [-0.05, 0) is 32.9 Å². The molecule has 0 unspecified atom stereocenters. The number of nitrogens with two attached hydrogens (primary N) is 1. The van der Waals surface area contributed by atoms with Crippen LogP contribution in [0.15, 0.2) is 12.1 Å². The van der Waals surface area contributed by atoms with E-state index in [-0.39, 0.29) is 12.2 Å². The fourth-order valence-corrected chi connectivity index (χ4v) is 2.16. The Morgan fingerprint density at radius 1 is 1.31 bits per heavy atom. The lowest BCUT2D eigenvalue weighted by molar-refractivity contribution is -0.00541. The van der Waals surface area contributed by atoms with E-state index in [1.54, 1.807) is 0 Å². The van der Waals surface area contributed by atoms with Gasteiger partial charge in [-0.15, -0.1) is 0 Å². The number of anilines is 2. The third-order valence-corrected chi connectivity index (χ3v) is 2.76. The van der Waals surface area contributed by atoms with Crippen LogP contribution in [0.25, 0.3) is 0 Å². The van der Waals surface area contributed by atoms with Crippen molar-refractivity contribution in [2.24, 2.45) is 0 Å². The SMILES string of the molecule is Cc1ccc(N)c(N2C[C@@H](C)O[C@@H](C)C2)n1. The fourth-order valence-electron chi connectivity index (χ4n) is 2.16. The highest BCUT2D eigenvalue weighted by molar-refractivity contribution is 5.63.